The Balaban J connectivity index is 0.820. The van der Waals surface area contributed by atoms with Crippen LogP contribution in [0.15, 0.2) is 11.6 Å². The van der Waals surface area contributed by atoms with E-state index in [4.69, 9.17) is 56.8 Å². The summed E-state index contributed by atoms with van der Waals surface area (Å²) in [5.74, 6) is -1.75. The van der Waals surface area contributed by atoms with Gasteiger partial charge in [-0.05, 0) is 111 Å². The normalized spacial score (nSPS) is 55.6. The number of hydrogen-bond acceptors (Lipinski definition) is 31. The minimum atomic E-state index is -1.98. The van der Waals surface area contributed by atoms with E-state index in [0.29, 0.717) is 44.9 Å². The second kappa shape index (κ2) is 27.7. The standard InChI is InChI=1S/C64H104O31/c1-24-36(71)40(75)44(79)53(86-24)93-50-47(82)56(89-31(20-66)49(50)92-52-43(78)37(72)28(68)21-84-52)90-35-12-13-60(5)32(61(35,6)23-67)11-14-62(7)33(60)10-9-26-27-17-59(3,4)15-16-64(27,34(70)18-63(26,62)8)58(83)95-57-51(38(73)29(69)22-85-57)94-54-46(81)42(77)48(25(2)87-54)91-55-45(80)41(76)39(74)30(19-65)88-55/h9,24-25,27-57,65-82H,10-23H2,1-8H3/t24-,25-,27-,28+,29+,30+,31+,32+,33+,34+,35-,36-,37-,38-,39+,40+,41-,42-,43+,44+,45+,46+,47+,48-,49+,50+,51+,52-,53-,54-,55-,56-,57-,60-,61-,62+,63+,64+/m0/s1. The van der Waals surface area contributed by atoms with E-state index in [2.05, 4.69) is 40.7 Å². The Morgan fingerprint density at radius 1 is 0.495 bits per heavy atom. The topological polar surface area (TPSA) is 492 Å². The summed E-state index contributed by atoms with van der Waals surface area (Å²) in [7, 11) is 0. The molecule has 31 nitrogen and oxygen atoms in total. The third kappa shape index (κ3) is 12.5. The summed E-state index contributed by atoms with van der Waals surface area (Å²) in [6, 6.07) is 0. The fourth-order valence-electron chi connectivity index (χ4n) is 18.9. The van der Waals surface area contributed by atoms with Crippen molar-refractivity contribution in [1.29, 1.82) is 0 Å². The SMILES string of the molecule is C[C@@H]1O[C@@H](O[C@@H]2[C@@H](O)[C@H](O[C@H]3CC[C@@]4(C)[C@@H](CC[C@]5(C)[C@@H]4CC=C4[C@@H]6CC(C)(C)CC[C@]6(C(=O)O[C@@H]6OC[C@@H](O)[C@H](O)[C@H]6O[C@@H]6O[C@@H](C)[C@H](O[C@@H]7O[C@H](CO)[C@@H](O)[C@H](O)[C@H]7O)[C@@H](O)[C@H]6O)[C@H](O)C[C@]45C)[C@]3(C)CO)O[C@H](CO)[C@H]2O[C@@H]2OC[C@@H](O)[C@H](O)[C@H]2O)[C@H](O)[C@H](O)[C@H]1O. The van der Waals surface area contributed by atoms with Crippen LogP contribution in [0.2, 0.25) is 0 Å². The number of fused-ring (bicyclic) bond motifs is 7. The van der Waals surface area contributed by atoms with E-state index >= 15 is 4.79 Å². The summed E-state index contributed by atoms with van der Waals surface area (Å²) in [6.45, 7) is 12.7. The van der Waals surface area contributed by atoms with Crippen LogP contribution in [0.3, 0.4) is 0 Å². The van der Waals surface area contributed by atoms with Crippen LogP contribution >= 0.6 is 0 Å². The zero-order chi connectivity index (χ0) is 69.3. The third-order valence-electron chi connectivity index (χ3n) is 24.9. The summed E-state index contributed by atoms with van der Waals surface area (Å²) in [6.07, 6.45) is -42.5. The first-order valence-electron chi connectivity index (χ1n) is 33.7. The Hall–Kier alpha value is -1.95. The summed E-state index contributed by atoms with van der Waals surface area (Å²) >= 11 is 0. The van der Waals surface area contributed by atoms with E-state index in [0.717, 1.165) is 5.57 Å². The number of esters is 1. The summed E-state index contributed by atoms with van der Waals surface area (Å²) in [5, 5.41) is 198. The highest BCUT2D eigenvalue weighted by molar-refractivity contribution is 5.80. The Bertz CT molecular complexity index is 2680. The van der Waals surface area contributed by atoms with Gasteiger partial charge in [-0.15, -0.1) is 0 Å². The van der Waals surface area contributed by atoms with Gasteiger partial charge in [0, 0.05) is 5.41 Å². The van der Waals surface area contributed by atoms with Gasteiger partial charge in [0.2, 0.25) is 6.29 Å². The van der Waals surface area contributed by atoms with Crippen LogP contribution in [-0.4, -0.2) is 315 Å². The Kier molecular flexibility index (Phi) is 21.6. The van der Waals surface area contributed by atoms with Crippen LogP contribution in [0, 0.1) is 50.2 Å². The molecule has 6 aliphatic heterocycles. The molecule has 10 fully saturated rings. The van der Waals surface area contributed by atoms with Crippen LogP contribution < -0.4 is 0 Å². The number of allylic oxidation sites excluding steroid dienone is 2. The lowest BCUT2D eigenvalue weighted by atomic mass is 9.33. The van der Waals surface area contributed by atoms with E-state index in [-0.39, 0.29) is 36.7 Å². The smallest absolute Gasteiger partial charge is 0.317 e. The van der Waals surface area contributed by atoms with Crippen molar-refractivity contribution >= 4 is 5.97 Å². The molecule has 4 saturated carbocycles. The Labute approximate surface area is 550 Å². The Morgan fingerprint density at radius 3 is 1.69 bits per heavy atom. The minimum absolute atomic E-state index is 0.0756. The molecular formula is C64H104O31. The van der Waals surface area contributed by atoms with Gasteiger partial charge in [-0.3, -0.25) is 4.79 Å². The molecule has 0 aromatic rings. The molecule has 5 aliphatic carbocycles. The molecule has 18 N–H and O–H groups in total. The van der Waals surface area contributed by atoms with Crippen molar-refractivity contribution in [3.05, 3.63) is 11.6 Å². The van der Waals surface area contributed by atoms with Gasteiger partial charge in [0.1, 0.15) is 121 Å². The van der Waals surface area contributed by atoms with Gasteiger partial charge in [0.25, 0.3) is 0 Å². The first-order valence-corrected chi connectivity index (χ1v) is 33.7. The van der Waals surface area contributed by atoms with Gasteiger partial charge in [0.15, 0.2) is 37.6 Å². The maximum atomic E-state index is 15.5. The van der Waals surface area contributed by atoms with Crippen molar-refractivity contribution in [1.82, 2.24) is 0 Å². The van der Waals surface area contributed by atoms with E-state index in [9.17, 15) is 91.9 Å². The van der Waals surface area contributed by atoms with E-state index < -0.39 is 250 Å². The maximum Gasteiger partial charge on any atom is 0.317 e. The predicted molar refractivity (Wildman–Crippen MR) is 316 cm³/mol. The van der Waals surface area contributed by atoms with Gasteiger partial charge >= 0.3 is 5.97 Å². The molecule has 11 rings (SSSR count). The summed E-state index contributed by atoms with van der Waals surface area (Å²) in [5.41, 5.74) is -3.72. The molecule has 31 heteroatoms. The highest BCUT2D eigenvalue weighted by Crippen LogP contribution is 2.76. The molecule has 0 bridgehead atoms. The zero-order valence-electron chi connectivity index (χ0n) is 54.9. The summed E-state index contributed by atoms with van der Waals surface area (Å²) < 4.78 is 72.2. The molecule has 38 atom stereocenters. The molecule has 11 aliphatic rings. The highest BCUT2D eigenvalue weighted by atomic mass is 16.8. The van der Waals surface area contributed by atoms with E-state index in [1.165, 1.54) is 13.8 Å². The first kappa shape index (κ1) is 74.2. The van der Waals surface area contributed by atoms with Gasteiger partial charge in [-0.25, -0.2) is 0 Å². The molecular weight excluding hydrogens is 1260 g/mol. The number of rotatable bonds is 15. The van der Waals surface area contributed by atoms with Crippen LogP contribution in [0.1, 0.15) is 113 Å². The molecule has 546 valence electrons. The maximum absolute atomic E-state index is 15.5. The molecule has 6 heterocycles. The number of ether oxygens (including phenoxy) is 12. The van der Waals surface area contributed by atoms with Crippen molar-refractivity contribution in [2.45, 2.75) is 297 Å². The number of carbonyl (C=O) groups is 1. The van der Waals surface area contributed by atoms with Crippen molar-refractivity contribution in [2.75, 3.05) is 33.0 Å². The Morgan fingerprint density at radius 2 is 1.04 bits per heavy atom. The lowest BCUT2D eigenvalue weighted by Crippen LogP contribution is -2.69. The average molecular weight is 1370 g/mol. The number of aliphatic hydroxyl groups is 18. The van der Waals surface area contributed by atoms with Crippen LogP contribution in [0.4, 0.5) is 0 Å². The number of hydrogen-bond donors (Lipinski definition) is 18. The molecule has 0 unspecified atom stereocenters. The van der Waals surface area contributed by atoms with Gasteiger partial charge < -0.3 is 149 Å². The highest BCUT2D eigenvalue weighted by Gasteiger charge is 2.73. The molecule has 0 radical (unpaired) electrons. The molecule has 0 aromatic heterocycles. The lowest BCUT2D eigenvalue weighted by Gasteiger charge is -2.72. The van der Waals surface area contributed by atoms with Crippen molar-refractivity contribution in [3.8, 4) is 0 Å². The van der Waals surface area contributed by atoms with Gasteiger partial charge in [0.05, 0.1) is 57.5 Å². The minimum Gasteiger partial charge on any atom is -0.432 e. The molecule has 0 aromatic carbocycles. The van der Waals surface area contributed by atoms with Crippen molar-refractivity contribution in [2.24, 2.45) is 50.2 Å². The predicted octanol–water partition coefficient (Wildman–Crippen LogP) is -5.11. The zero-order valence-corrected chi connectivity index (χ0v) is 54.9. The quantitative estimate of drug-likeness (QED) is 0.0414. The monoisotopic (exact) mass is 1370 g/mol. The van der Waals surface area contributed by atoms with Crippen LogP contribution in [0.25, 0.3) is 0 Å². The molecule has 6 saturated heterocycles. The summed E-state index contributed by atoms with van der Waals surface area (Å²) in [4.78, 5) is 15.5. The fourth-order valence-corrected chi connectivity index (χ4v) is 18.9. The van der Waals surface area contributed by atoms with Crippen molar-refractivity contribution < 1.29 is 154 Å². The van der Waals surface area contributed by atoms with Crippen LogP contribution in [-0.2, 0) is 61.6 Å². The molecule has 0 amide bonds. The second-order valence-electron chi connectivity index (χ2n) is 30.9. The van der Waals surface area contributed by atoms with Crippen LogP contribution in [0.5, 0.6) is 0 Å². The number of carbonyl (C=O) groups excluding carboxylic acids is 1. The molecule has 0 spiro atoms. The first-order chi connectivity index (χ1) is 44.6. The largest absolute Gasteiger partial charge is 0.432 e. The fraction of sp³-hybridized carbons (Fsp3) is 0.953. The van der Waals surface area contributed by atoms with E-state index in [1.54, 1.807) is 0 Å². The van der Waals surface area contributed by atoms with Crippen molar-refractivity contribution in [3.63, 3.8) is 0 Å². The molecule has 95 heavy (non-hydrogen) atoms. The average Bonchev–Trinajstić information content (AvgIpc) is 0.671. The van der Waals surface area contributed by atoms with Gasteiger partial charge in [-0.1, -0.05) is 53.2 Å². The lowest BCUT2D eigenvalue weighted by molar-refractivity contribution is -0.389. The number of aliphatic hydroxyl groups excluding tert-OH is 18. The second-order valence-corrected chi connectivity index (χ2v) is 30.9. The third-order valence-corrected chi connectivity index (χ3v) is 24.9. The van der Waals surface area contributed by atoms with Gasteiger partial charge in [-0.2, -0.15) is 0 Å². The van der Waals surface area contributed by atoms with E-state index in [1.807, 2.05) is 6.92 Å².